The Labute approximate surface area is 126 Å². The minimum Gasteiger partial charge on any atom is -0.456 e. The van der Waals surface area contributed by atoms with Gasteiger partial charge in [0.05, 0.1) is 5.69 Å². The second kappa shape index (κ2) is 6.04. The van der Waals surface area contributed by atoms with Gasteiger partial charge in [-0.2, -0.15) is 5.10 Å². The van der Waals surface area contributed by atoms with Crippen LogP contribution in [-0.2, 0) is 11.3 Å². The van der Waals surface area contributed by atoms with Crippen molar-refractivity contribution in [3.05, 3.63) is 66.4 Å². The summed E-state index contributed by atoms with van der Waals surface area (Å²) in [6.45, 7) is 0.133. The Hall–Kier alpha value is -3.22. The van der Waals surface area contributed by atoms with E-state index in [1.165, 1.54) is 12.4 Å². The average molecular weight is 295 g/mol. The summed E-state index contributed by atoms with van der Waals surface area (Å²) in [7, 11) is 0. The zero-order valence-corrected chi connectivity index (χ0v) is 11.6. The highest BCUT2D eigenvalue weighted by atomic mass is 16.5. The SMILES string of the molecule is Nc1nccnc1C(=O)OCc1ccc(-n2cccn2)cc1. The Balaban J connectivity index is 1.64. The lowest BCUT2D eigenvalue weighted by Gasteiger charge is -2.07. The number of hydrogen-bond donors (Lipinski definition) is 1. The lowest BCUT2D eigenvalue weighted by Crippen LogP contribution is -2.11. The summed E-state index contributed by atoms with van der Waals surface area (Å²) in [6.07, 6.45) is 6.37. The third-order valence-corrected chi connectivity index (χ3v) is 3.00. The van der Waals surface area contributed by atoms with E-state index >= 15 is 0 Å². The van der Waals surface area contributed by atoms with E-state index in [1.54, 1.807) is 10.9 Å². The number of benzene rings is 1. The van der Waals surface area contributed by atoms with Crippen LogP contribution < -0.4 is 5.73 Å². The second-order valence-corrected chi connectivity index (χ2v) is 4.48. The number of aromatic nitrogens is 4. The van der Waals surface area contributed by atoms with Crippen molar-refractivity contribution in [2.75, 3.05) is 5.73 Å². The molecule has 2 N–H and O–H groups in total. The molecule has 0 aliphatic heterocycles. The van der Waals surface area contributed by atoms with Gasteiger partial charge in [0, 0.05) is 24.8 Å². The van der Waals surface area contributed by atoms with Gasteiger partial charge in [0.1, 0.15) is 6.61 Å². The predicted molar refractivity (Wildman–Crippen MR) is 79.1 cm³/mol. The van der Waals surface area contributed by atoms with Crippen molar-refractivity contribution in [1.29, 1.82) is 0 Å². The van der Waals surface area contributed by atoms with E-state index in [-0.39, 0.29) is 18.1 Å². The van der Waals surface area contributed by atoms with Crippen molar-refractivity contribution < 1.29 is 9.53 Å². The molecule has 0 spiro atoms. The van der Waals surface area contributed by atoms with Crippen molar-refractivity contribution in [1.82, 2.24) is 19.7 Å². The Morgan fingerprint density at radius 1 is 1.14 bits per heavy atom. The van der Waals surface area contributed by atoms with E-state index in [4.69, 9.17) is 10.5 Å². The normalized spacial score (nSPS) is 10.4. The summed E-state index contributed by atoms with van der Waals surface area (Å²) in [4.78, 5) is 19.5. The molecule has 22 heavy (non-hydrogen) atoms. The Bertz CT molecular complexity index is 769. The van der Waals surface area contributed by atoms with Crippen molar-refractivity contribution in [2.45, 2.75) is 6.61 Å². The molecule has 110 valence electrons. The summed E-state index contributed by atoms with van der Waals surface area (Å²) in [5.74, 6) is -0.539. The van der Waals surface area contributed by atoms with E-state index in [2.05, 4.69) is 15.1 Å². The van der Waals surface area contributed by atoms with Crippen LogP contribution in [0.25, 0.3) is 5.69 Å². The number of anilines is 1. The van der Waals surface area contributed by atoms with Crippen LogP contribution >= 0.6 is 0 Å². The first kappa shape index (κ1) is 13.7. The first-order valence-corrected chi connectivity index (χ1v) is 6.56. The molecule has 3 aromatic rings. The molecule has 0 unspecified atom stereocenters. The van der Waals surface area contributed by atoms with Gasteiger partial charge in [-0.15, -0.1) is 0 Å². The predicted octanol–water partition coefficient (Wildman–Crippen LogP) is 1.60. The molecule has 0 saturated heterocycles. The molecule has 7 nitrogen and oxygen atoms in total. The quantitative estimate of drug-likeness (QED) is 0.734. The molecule has 0 radical (unpaired) electrons. The van der Waals surface area contributed by atoms with E-state index in [0.29, 0.717) is 0 Å². The standard InChI is InChI=1S/C15H13N5O2/c16-14-13(17-7-8-18-14)15(21)22-10-11-2-4-12(5-3-11)20-9-1-6-19-20/h1-9H,10H2,(H2,16,18). The first-order valence-electron chi connectivity index (χ1n) is 6.56. The van der Waals surface area contributed by atoms with Gasteiger partial charge >= 0.3 is 5.97 Å². The number of ether oxygens (including phenoxy) is 1. The van der Waals surface area contributed by atoms with Gasteiger partial charge < -0.3 is 10.5 Å². The van der Waals surface area contributed by atoms with Gasteiger partial charge in [-0.1, -0.05) is 12.1 Å². The van der Waals surface area contributed by atoms with Gasteiger partial charge in [-0.05, 0) is 23.8 Å². The lowest BCUT2D eigenvalue weighted by molar-refractivity contribution is 0.0466. The second-order valence-electron chi connectivity index (χ2n) is 4.48. The Kier molecular flexibility index (Phi) is 3.78. The van der Waals surface area contributed by atoms with Gasteiger partial charge in [0.2, 0.25) is 0 Å². The Morgan fingerprint density at radius 3 is 2.59 bits per heavy atom. The van der Waals surface area contributed by atoms with Gasteiger partial charge in [-0.25, -0.2) is 19.4 Å². The number of esters is 1. The molecule has 0 aliphatic carbocycles. The monoisotopic (exact) mass is 295 g/mol. The van der Waals surface area contributed by atoms with Crippen LogP contribution in [0.3, 0.4) is 0 Å². The highest BCUT2D eigenvalue weighted by Gasteiger charge is 2.13. The third kappa shape index (κ3) is 2.93. The number of carbonyl (C=O) groups is 1. The van der Waals surface area contributed by atoms with Crippen LogP contribution in [-0.4, -0.2) is 25.7 Å². The molecule has 2 aromatic heterocycles. The molecule has 0 aliphatic rings. The van der Waals surface area contributed by atoms with Crippen LogP contribution in [0.1, 0.15) is 16.1 Å². The first-order chi connectivity index (χ1) is 10.7. The molecule has 0 fully saturated rings. The van der Waals surface area contributed by atoms with E-state index in [0.717, 1.165) is 11.3 Å². The van der Waals surface area contributed by atoms with Crippen molar-refractivity contribution in [2.24, 2.45) is 0 Å². The minimum absolute atomic E-state index is 0.0238. The zero-order valence-electron chi connectivity index (χ0n) is 11.6. The third-order valence-electron chi connectivity index (χ3n) is 3.00. The highest BCUT2D eigenvalue weighted by molar-refractivity contribution is 5.91. The fourth-order valence-electron chi connectivity index (χ4n) is 1.89. The topological polar surface area (TPSA) is 95.9 Å². The maximum absolute atomic E-state index is 11.9. The average Bonchev–Trinajstić information content (AvgIpc) is 3.08. The number of nitrogens with two attached hydrogens (primary N) is 1. The summed E-state index contributed by atoms with van der Waals surface area (Å²) < 4.78 is 6.93. The van der Waals surface area contributed by atoms with Crippen molar-refractivity contribution in [3.8, 4) is 5.69 Å². The summed E-state index contributed by atoms with van der Waals surface area (Å²) >= 11 is 0. The van der Waals surface area contributed by atoms with Crippen molar-refractivity contribution in [3.63, 3.8) is 0 Å². The number of hydrogen-bond acceptors (Lipinski definition) is 6. The van der Waals surface area contributed by atoms with Gasteiger partial charge in [0.25, 0.3) is 0 Å². The smallest absolute Gasteiger partial charge is 0.361 e. The maximum atomic E-state index is 11.9. The molecule has 0 amide bonds. The molecule has 7 heteroatoms. The molecule has 3 rings (SSSR count). The molecule has 0 bridgehead atoms. The highest BCUT2D eigenvalue weighted by Crippen LogP contribution is 2.11. The molecular formula is C15H13N5O2. The fourth-order valence-corrected chi connectivity index (χ4v) is 1.89. The van der Waals surface area contributed by atoms with Crippen LogP contribution in [0, 0.1) is 0 Å². The zero-order chi connectivity index (χ0) is 15.4. The molecule has 1 aromatic carbocycles. The minimum atomic E-state index is -0.596. The van der Waals surface area contributed by atoms with E-state index in [1.807, 2.05) is 36.5 Å². The van der Waals surface area contributed by atoms with E-state index in [9.17, 15) is 4.79 Å². The maximum Gasteiger partial charge on any atom is 0.361 e. The number of carbonyl (C=O) groups excluding carboxylic acids is 1. The van der Waals surface area contributed by atoms with Crippen LogP contribution in [0.5, 0.6) is 0 Å². The van der Waals surface area contributed by atoms with Crippen molar-refractivity contribution >= 4 is 11.8 Å². The molecular weight excluding hydrogens is 282 g/mol. The number of nitrogen functional groups attached to an aromatic ring is 1. The summed E-state index contributed by atoms with van der Waals surface area (Å²) in [5, 5.41) is 4.14. The van der Waals surface area contributed by atoms with Crippen LogP contribution in [0.4, 0.5) is 5.82 Å². The number of rotatable bonds is 4. The fraction of sp³-hybridized carbons (Fsp3) is 0.0667. The summed E-state index contributed by atoms with van der Waals surface area (Å²) in [6, 6.07) is 9.37. The molecule has 0 atom stereocenters. The van der Waals surface area contributed by atoms with Gasteiger partial charge in [0.15, 0.2) is 11.5 Å². The summed E-state index contributed by atoms with van der Waals surface area (Å²) in [5.41, 5.74) is 7.39. The lowest BCUT2D eigenvalue weighted by atomic mass is 10.2. The van der Waals surface area contributed by atoms with E-state index < -0.39 is 5.97 Å². The Morgan fingerprint density at radius 2 is 1.91 bits per heavy atom. The molecule has 0 saturated carbocycles. The van der Waals surface area contributed by atoms with Crippen LogP contribution in [0.15, 0.2) is 55.1 Å². The van der Waals surface area contributed by atoms with Gasteiger partial charge in [-0.3, -0.25) is 0 Å². The largest absolute Gasteiger partial charge is 0.456 e. The van der Waals surface area contributed by atoms with Crippen LogP contribution in [0.2, 0.25) is 0 Å². The number of nitrogens with zero attached hydrogens (tertiary/aromatic N) is 4. The molecule has 2 heterocycles.